The van der Waals surface area contributed by atoms with E-state index in [0.29, 0.717) is 5.92 Å². The van der Waals surface area contributed by atoms with Crippen LogP contribution in [0.15, 0.2) is 206 Å². The van der Waals surface area contributed by atoms with Gasteiger partial charge >= 0.3 is 0 Å². The SMILES string of the molecule is C1=CC2c3ccccc3N(c3ccc(N(C4C=CC(n5c6ccccc6c6ccccc65)=CC4)C4C=CC(n5c6ccccc6c6ccccc65)=CC4)cc3)C2C=C1. The van der Waals surface area contributed by atoms with Gasteiger partial charge in [-0.1, -0.05) is 140 Å². The minimum Gasteiger partial charge on any atom is -0.358 e. The number of fused-ring (bicyclic) bond motifs is 9. The highest BCUT2D eigenvalue weighted by Crippen LogP contribution is 2.48. The molecule has 0 saturated heterocycles. The first kappa shape index (κ1) is 33.1. The maximum absolute atomic E-state index is 2.65. The summed E-state index contributed by atoms with van der Waals surface area (Å²) >= 11 is 0. The summed E-state index contributed by atoms with van der Waals surface area (Å²) in [5.74, 6) is 0.364. The smallest absolute Gasteiger partial charge is 0.0629 e. The first-order chi connectivity index (χ1) is 28.8. The van der Waals surface area contributed by atoms with Crippen LogP contribution in [0.4, 0.5) is 17.1 Å². The predicted molar refractivity (Wildman–Crippen MR) is 245 cm³/mol. The van der Waals surface area contributed by atoms with Gasteiger partial charge in [-0.15, -0.1) is 0 Å². The Morgan fingerprint density at radius 3 is 1.41 bits per heavy atom. The molecule has 1 aliphatic heterocycles. The van der Waals surface area contributed by atoms with E-state index in [4.69, 9.17) is 0 Å². The number of anilines is 3. The average molecular weight is 747 g/mol. The van der Waals surface area contributed by atoms with Crippen LogP contribution in [0.2, 0.25) is 0 Å². The molecule has 3 aliphatic carbocycles. The van der Waals surface area contributed by atoms with Gasteiger partial charge in [0.1, 0.15) is 0 Å². The predicted octanol–water partition coefficient (Wildman–Crippen LogP) is 13.2. The lowest BCUT2D eigenvalue weighted by Crippen LogP contribution is -2.42. The van der Waals surface area contributed by atoms with E-state index in [1.165, 1.54) is 77.6 Å². The van der Waals surface area contributed by atoms with Crippen molar-refractivity contribution in [2.45, 2.75) is 36.9 Å². The highest BCUT2D eigenvalue weighted by molar-refractivity contribution is 6.11. The first-order valence-corrected chi connectivity index (χ1v) is 20.7. The quantitative estimate of drug-likeness (QED) is 0.168. The summed E-state index contributed by atoms with van der Waals surface area (Å²) < 4.78 is 4.88. The molecule has 4 aliphatic rings. The van der Waals surface area contributed by atoms with Gasteiger partial charge < -0.3 is 18.9 Å². The lowest BCUT2D eigenvalue weighted by molar-refractivity contribution is 0.616. The van der Waals surface area contributed by atoms with Gasteiger partial charge in [0, 0.05) is 55.9 Å². The Hall–Kier alpha value is -7.04. The van der Waals surface area contributed by atoms with Crippen LogP contribution in [0.25, 0.3) is 55.0 Å². The minimum atomic E-state index is 0.184. The molecule has 4 unspecified atom stereocenters. The monoisotopic (exact) mass is 746 g/mol. The molecule has 0 amide bonds. The fraction of sp³-hybridized carbons (Fsp3) is 0.111. The number of nitrogens with zero attached hydrogens (tertiary/aromatic N) is 4. The van der Waals surface area contributed by atoms with Gasteiger partial charge in [-0.05, 0) is 85.2 Å². The molecule has 278 valence electrons. The molecule has 6 aromatic carbocycles. The lowest BCUT2D eigenvalue weighted by atomic mass is 9.91. The topological polar surface area (TPSA) is 16.3 Å². The van der Waals surface area contributed by atoms with E-state index in [1.807, 2.05) is 0 Å². The standard InChI is InChI=1S/C54H42N4/c1-7-19-49-43(13-1)44-14-2-8-20-50(44)56(49)40-31-25-37(26-32-40)55(38-27-33-41(34-28-38)57-51-21-9-3-15-45(51)46-16-4-10-22-52(46)57)39-29-35-42(36-30-39)58-53-23-11-5-17-47(53)48-18-6-12-24-54(48)58/h1-27,29,31-36,38-39,43,49H,28,30H2. The second-order valence-corrected chi connectivity index (χ2v) is 16.0. The Bertz CT molecular complexity index is 2850. The van der Waals surface area contributed by atoms with E-state index in [0.717, 1.165) is 12.8 Å². The zero-order valence-electron chi connectivity index (χ0n) is 32.1. The van der Waals surface area contributed by atoms with Crippen molar-refractivity contribution in [2.75, 3.05) is 9.80 Å². The summed E-state index contributed by atoms with van der Waals surface area (Å²) in [6.45, 7) is 0. The van der Waals surface area contributed by atoms with Crippen LogP contribution in [0.1, 0.15) is 24.3 Å². The van der Waals surface area contributed by atoms with Crippen LogP contribution in [0.3, 0.4) is 0 Å². The summed E-state index contributed by atoms with van der Waals surface area (Å²) in [5.41, 5.74) is 12.6. The van der Waals surface area contributed by atoms with Gasteiger partial charge in [0.25, 0.3) is 0 Å². The molecule has 8 aromatic rings. The summed E-state index contributed by atoms with van der Waals surface area (Å²) in [4.78, 5) is 5.18. The third kappa shape index (κ3) is 5.08. The Morgan fingerprint density at radius 1 is 0.448 bits per heavy atom. The normalized spacial score (nSPS) is 20.9. The van der Waals surface area contributed by atoms with E-state index in [-0.39, 0.29) is 18.1 Å². The molecule has 4 nitrogen and oxygen atoms in total. The Kier molecular flexibility index (Phi) is 7.59. The molecule has 2 aromatic heterocycles. The summed E-state index contributed by atoms with van der Waals surface area (Å²) in [7, 11) is 0. The number of hydrogen-bond donors (Lipinski definition) is 0. The molecular weight excluding hydrogens is 705 g/mol. The Labute approximate surface area is 338 Å². The highest BCUT2D eigenvalue weighted by atomic mass is 15.2. The average Bonchev–Trinajstić information content (AvgIpc) is 3.93. The summed E-state index contributed by atoms with van der Waals surface area (Å²) in [5, 5.41) is 5.17. The highest BCUT2D eigenvalue weighted by Gasteiger charge is 2.37. The molecule has 0 spiro atoms. The molecule has 0 bridgehead atoms. The van der Waals surface area contributed by atoms with Gasteiger partial charge in [0.05, 0.1) is 40.2 Å². The molecular formula is C54H42N4. The first-order valence-electron chi connectivity index (χ1n) is 20.7. The maximum Gasteiger partial charge on any atom is 0.0629 e. The van der Waals surface area contributed by atoms with Crippen LogP contribution in [-0.4, -0.2) is 27.3 Å². The molecule has 4 heteroatoms. The van der Waals surface area contributed by atoms with E-state index >= 15 is 0 Å². The van der Waals surface area contributed by atoms with Crippen molar-refractivity contribution in [3.63, 3.8) is 0 Å². The molecule has 0 saturated carbocycles. The second-order valence-electron chi connectivity index (χ2n) is 16.0. The molecule has 0 fully saturated rings. The number of rotatable bonds is 6. The van der Waals surface area contributed by atoms with Crippen molar-refractivity contribution in [1.82, 2.24) is 9.13 Å². The van der Waals surface area contributed by atoms with E-state index in [9.17, 15) is 0 Å². The van der Waals surface area contributed by atoms with Crippen LogP contribution < -0.4 is 9.80 Å². The fourth-order valence-electron chi connectivity index (χ4n) is 10.3. The molecule has 0 N–H and O–H groups in total. The maximum atomic E-state index is 2.65. The van der Waals surface area contributed by atoms with Crippen molar-refractivity contribution in [2.24, 2.45) is 0 Å². The van der Waals surface area contributed by atoms with Crippen LogP contribution in [0, 0.1) is 0 Å². The number of para-hydroxylation sites is 5. The van der Waals surface area contributed by atoms with E-state index in [1.54, 1.807) is 0 Å². The van der Waals surface area contributed by atoms with Gasteiger partial charge in [-0.3, -0.25) is 0 Å². The Morgan fingerprint density at radius 2 is 0.914 bits per heavy atom. The van der Waals surface area contributed by atoms with Gasteiger partial charge in [-0.25, -0.2) is 0 Å². The van der Waals surface area contributed by atoms with Gasteiger partial charge in [0.2, 0.25) is 0 Å². The Balaban J connectivity index is 0.914. The van der Waals surface area contributed by atoms with E-state index < -0.39 is 0 Å². The van der Waals surface area contributed by atoms with Gasteiger partial charge in [-0.2, -0.15) is 0 Å². The molecule has 0 radical (unpaired) electrons. The van der Waals surface area contributed by atoms with Crippen molar-refractivity contribution in [3.8, 4) is 0 Å². The third-order valence-corrected chi connectivity index (χ3v) is 12.9. The van der Waals surface area contributed by atoms with Crippen LogP contribution >= 0.6 is 0 Å². The van der Waals surface area contributed by atoms with Crippen LogP contribution in [-0.2, 0) is 0 Å². The van der Waals surface area contributed by atoms with Crippen molar-refractivity contribution < 1.29 is 0 Å². The van der Waals surface area contributed by atoms with Crippen molar-refractivity contribution in [3.05, 3.63) is 212 Å². The molecule has 3 heterocycles. The van der Waals surface area contributed by atoms with Crippen molar-refractivity contribution in [1.29, 1.82) is 0 Å². The number of hydrogen-bond acceptors (Lipinski definition) is 2. The van der Waals surface area contributed by atoms with E-state index in [2.05, 4.69) is 225 Å². The van der Waals surface area contributed by atoms with Crippen LogP contribution in [0.5, 0.6) is 0 Å². The zero-order chi connectivity index (χ0) is 38.2. The summed E-state index contributed by atoms with van der Waals surface area (Å²) in [6.07, 6.45) is 25.4. The largest absolute Gasteiger partial charge is 0.358 e. The lowest BCUT2D eigenvalue weighted by Gasteiger charge is -2.39. The molecule has 12 rings (SSSR count). The third-order valence-electron chi connectivity index (χ3n) is 12.9. The zero-order valence-corrected chi connectivity index (χ0v) is 32.1. The van der Waals surface area contributed by atoms with Crippen molar-refractivity contribution >= 4 is 72.1 Å². The second kappa shape index (κ2) is 13.3. The van der Waals surface area contributed by atoms with Gasteiger partial charge in [0.15, 0.2) is 0 Å². The summed E-state index contributed by atoms with van der Waals surface area (Å²) in [6, 6.07) is 54.1. The fourth-order valence-corrected chi connectivity index (χ4v) is 10.3. The minimum absolute atomic E-state index is 0.184. The number of aromatic nitrogens is 2. The molecule has 4 atom stereocenters. The number of benzene rings is 6. The number of allylic oxidation sites excluding steroid dienone is 6. The molecule has 58 heavy (non-hydrogen) atoms.